The molecule has 1 aliphatic rings. The molecule has 28 heavy (non-hydrogen) atoms. The predicted octanol–water partition coefficient (Wildman–Crippen LogP) is 0.367. The third kappa shape index (κ3) is 7.65. The second-order valence-corrected chi connectivity index (χ2v) is 8.34. The summed E-state index contributed by atoms with van der Waals surface area (Å²) in [6.07, 6.45) is 0.862. The van der Waals surface area contributed by atoms with Crippen molar-refractivity contribution in [3.05, 3.63) is 29.3 Å². The normalized spacial score (nSPS) is 15.1. The van der Waals surface area contributed by atoms with Gasteiger partial charge < -0.3 is 20.3 Å². The van der Waals surface area contributed by atoms with E-state index in [1.807, 2.05) is 0 Å². The van der Waals surface area contributed by atoms with Crippen molar-refractivity contribution in [2.45, 2.75) is 18.2 Å². The van der Waals surface area contributed by atoms with Crippen LogP contribution in [0, 0.1) is 6.92 Å². The largest absolute Gasteiger partial charge is 0.383 e. The Morgan fingerprint density at radius 3 is 2.64 bits per heavy atom. The fraction of sp³-hybridized carbons (Fsp3) is 0.611. The summed E-state index contributed by atoms with van der Waals surface area (Å²) in [6, 6.07) is 4.59. The lowest BCUT2D eigenvalue weighted by molar-refractivity contribution is 0.0950. The first-order valence-corrected chi connectivity index (χ1v) is 10.7. The fourth-order valence-electron chi connectivity index (χ4n) is 2.91. The second-order valence-electron chi connectivity index (χ2n) is 6.57. The first-order valence-electron chi connectivity index (χ1n) is 9.24. The SMILES string of the molecule is COCCNS(=O)(=O)c1ccc(C)c(C(=O)NCCCN2CCNCC2)c1.Cl. The number of benzene rings is 1. The molecule has 1 heterocycles. The molecule has 3 N–H and O–H groups in total. The van der Waals surface area contributed by atoms with Crippen molar-refractivity contribution in [1.82, 2.24) is 20.3 Å². The molecule has 0 aliphatic carbocycles. The number of methoxy groups -OCH3 is 1. The van der Waals surface area contributed by atoms with Gasteiger partial charge in [-0.3, -0.25) is 4.79 Å². The number of piperazine rings is 1. The highest BCUT2D eigenvalue weighted by atomic mass is 35.5. The van der Waals surface area contributed by atoms with Crippen molar-refractivity contribution in [2.24, 2.45) is 0 Å². The van der Waals surface area contributed by atoms with E-state index in [-0.39, 0.29) is 36.4 Å². The van der Waals surface area contributed by atoms with E-state index in [4.69, 9.17) is 4.74 Å². The summed E-state index contributed by atoms with van der Waals surface area (Å²) in [6.45, 7) is 7.84. The zero-order valence-corrected chi connectivity index (χ0v) is 18.1. The number of carbonyl (C=O) groups is 1. The van der Waals surface area contributed by atoms with Crippen molar-refractivity contribution < 1.29 is 17.9 Å². The molecule has 1 aliphatic heterocycles. The van der Waals surface area contributed by atoms with Crippen molar-refractivity contribution in [3.63, 3.8) is 0 Å². The van der Waals surface area contributed by atoms with Crippen LogP contribution >= 0.6 is 12.4 Å². The number of hydrogen-bond donors (Lipinski definition) is 3. The van der Waals surface area contributed by atoms with Gasteiger partial charge in [0.05, 0.1) is 11.5 Å². The summed E-state index contributed by atoms with van der Waals surface area (Å²) in [7, 11) is -2.16. The van der Waals surface area contributed by atoms with Gasteiger partial charge in [-0.2, -0.15) is 0 Å². The van der Waals surface area contributed by atoms with Gasteiger partial charge in [0.2, 0.25) is 10.0 Å². The maximum absolute atomic E-state index is 12.5. The van der Waals surface area contributed by atoms with E-state index in [1.165, 1.54) is 19.2 Å². The molecule has 1 aromatic carbocycles. The zero-order chi connectivity index (χ0) is 19.7. The van der Waals surface area contributed by atoms with E-state index >= 15 is 0 Å². The van der Waals surface area contributed by atoms with Crippen LogP contribution in [0.15, 0.2) is 23.1 Å². The number of halogens is 1. The maximum Gasteiger partial charge on any atom is 0.251 e. The van der Waals surface area contributed by atoms with Gasteiger partial charge in [0.25, 0.3) is 5.91 Å². The molecule has 8 nitrogen and oxygen atoms in total. The van der Waals surface area contributed by atoms with E-state index in [0.717, 1.165) is 44.7 Å². The number of rotatable bonds is 10. The molecule has 0 saturated carbocycles. The monoisotopic (exact) mass is 434 g/mol. The summed E-state index contributed by atoms with van der Waals surface area (Å²) in [5.41, 5.74) is 1.12. The summed E-state index contributed by atoms with van der Waals surface area (Å²) >= 11 is 0. The van der Waals surface area contributed by atoms with Gasteiger partial charge in [0.1, 0.15) is 0 Å². The maximum atomic E-state index is 12.5. The molecule has 0 atom stereocenters. The summed E-state index contributed by atoms with van der Waals surface area (Å²) in [4.78, 5) is 14.9. The number of sulfonamides is 1. The van der Waals surface area contributed by atoms with Crippen LogP contribution in [0.1, 0.15) is 22.3 Å². The Labute approximate surface area is 173 Å². The molecule has 1 aromatic rings. The van der Waals surface area contributed by atoms with Gasteiger partial charge in [-0.1, -0.05) is 6.07 Å². The highest BCUT2D eigenvalue weighted by molar-refractivity contribution is 7.89. The first-order chi connectivity index (χ1) is 12.9. The minimum atomic E-state index is -3.67. The van der Waals surface area contributed by atoms with Crippen molar-refractivity contribution in [3.8, 4) is 0 Å². The van der Waals surface area contributed by atoms with Crippen molar-refractivity contribution in [2.75, 3.05) is 59.5 Å². The number of ether oxygens (including phenoxy) is 1. The molecule has 0 radical (unpaired) electrons. The van der Waals surface area contributed by atoms with Crippen LogP contribution in [-0.2, 0) is 14.8 Å². The third-order valence-corrected chi connectivity index (χ3v) is 5.97. The van der Waals surface area contributed by atoms with E-state index in [0.29, 0.717) is 12.1 Å². The fourth-order valence-corrected chi connectivity index (χ4v) is 3.95. The topological polar surface area (TPSA) is 99.8 Å². The molecule has 1 fully saturated rings. The predicted molar refractivity (Wildman–Crippen MR) is 112 cm³/mol. The third-order valence-electron chi connectivity index (χ3n) is 4.51. The van der Waals surface area contributed by atoms with Gasteiger partial charge >= 0.3 is 0 Å². The number of carbonyl (C=O) groups excluding carboxylic acids is 1. The smallest absolute Gasteiger partial charge is 0.251 e. The molecule has 0 unspecified atom stereocenters. The molecule has 1 saturated heterocycles. The minimum Gasteiger partial charge on any atom is -0.383 e. The molecule has 0 aromatic heterocycles. The number of aryl methyl sites for hydroxylation is 1. The number of hydrogen-bond acceptors (Lipinski definition) is 6. The standard InChI is InChI=1S/C18H30N4O4S.ClH/c1-15-4-5-16(27(24,25)21-9-13-26-2)14-17(15)18(23)20-6-3-10-22-11-7-19-8-12-22;/h4-5,14,19,21H,3,6-13H2,1-2H3,(H,20,23);1H. The Kier molecular flexibility index (Phi) is 10.9. The van der Waals surface area contributed by atoms with Crippen molar-refractivity contribution >= 4 is 28.3 Å². The lowest BCUT2D eigenvalue weighted by atomic mass is 10.1. The average Bonchev–Trinajstić information content (AvgIpc) is 2.66. The molecule has 2 rings (SSSR count). The molecule has 160 valence electrons. The molecule has 0 bridgehead atoms. The average molecular weight is 435 g/mol. The first kappa shape index (κ1) is 24.8. The molecule has 1 amide bonds. The molecule has 0 spiro atoms. The van der Waals surface area contributed by atoms with Crippen LogP contribution in [0.2, 0.25) is 0 Å². The molecular formula is C18H31ClN4O4S. The number of nitrogens with one attached hydrogen (secondary N) is 3. The second kappa shape index (κ2) is 12.4. The minimum absolute atomic E-state index is 0. The highest BCUT2D eigenvalue weighted by Gasteiger charge is 2.17. The van der Waals surface area contributed by atoms with Crippen LogP contribution in [0.5, 0.6) is 0 Å². The Bertz CT molecular complexity index is 724. The lowest BCUT2D eigenvalue weighted by Crippen LogP contribution is -2.44. The summed E-state index contributed by atoms with van der Waals surface area (Å²) in [5.74, 6) is -0.248. The molecule has 10 heteroatoms. The van der Waals surface area contributed by atoms with Gasteiger partial charge in [-0.15, -0.1) is 12.4 Å². The Hall–Kier alpha value is -1.23. The summed E-state index contributed by atoms with van der Waals surface area (Å²) in [5, 5.41) is 6.21. The van der Waals surface area contributed by atoms with Crippen LogP contribution in [0.3, 0.4) is 0 Å². The van der Waals surface area contributed by atoms with Crippen LogP contribution in [0.25, 0.3) is 0 Å². The van der Waals surface area contributed by atoms with Crippen molar-refractivity contribution in [1.29, 1.82) is 0 Å². The number of amides is 1. The number of nitrogens with zero attached hydrogens (tertiary/aromatic N) is 1. The lowest BCUT2D eigenvalue weighted by Gasteiger charge is -2.27. The Morgan fingerprint density at radius 2 is 1.96 bits per heavy atom. The van der Waals surface area contributed by atoms with Gasteiger partial charge in [-0.25, -0.2) is 13.1 Å². The van der Waals surface area contributed by atoms with E-state index < -0.39 is 10.0 Å². The van der Waals surface area contributed by atoms with E-state index in [2.05, 4.69) is 20.3 Å². The van der Waals surface area contributed by atoms with Crippen LogP contribution in [0.4, 0.5) is 0 Å². The Balaban J connectivity index is 0.00000392. The van der Waals surface area contributed by atoms with E-state index in [1.54, 1.807) is 13.0 Å². The van der Waals surface area contributed by atoms with E-state index in [9.17, 15) is 13.2 Å². The van der Waals surface area contributed by atoms with Gasteiger partial charge in [0, 0.05) is 51.9 Å². The van der Waals surface area contributed by atoms with Gasteiger partial charge in [0.15, 0.2) is 0 Å². The van der Waals surface area contributed by atoms with Gasteiger partial charge in [-0.05, 0) is 37.6 Å². The zero-order valence-electron chi connectivity index (χ0n) is 16.5. The molecular weight excluding hydrogens is 404 g/mol. The highest BCUT2D eigenvalue weighted by Crippen LogP contribution is 2.15. The van der Waals surface area contributed by atoms with Crippen LogP contribution in [-0.4, -0.2) is 78.8 Å². The quantitative estimate of drug-likeness (QED) is 0.460. The Morgan fingerprint density at radius 1 is 1.25 bits per heavy atom. The van der Waals surface area contributed by atoms with Crippen LogP contribution < -0.4 is 15.4 Å². The summed E-state index contributed by atoms with van der Waals surface area (Å²) < 4.78 is 31.9.